The van der Waals surface area contributed by atoms with Crippen molar-refractivity contribution in [2.75, 3.05) is 20.2 Å². The van der Waals surface area contributed by atoms with E-state index in [-0.39, 0.29) is 30.1 Å². The van der Waals surface area contributed by atoms with Crippen LogP contribution in [0.3, 0.4) is 0 Å². The molecular formula is C17H18F2N2O4. The molecule has 0 spiro atoms. The van der Waals surface area contributed by atoms with Crippen molar-refractivity contribution >= 4 is 5.91 Å². The first-order chi connectivity index (χ1) is 12.0. The summed E-state index contributed by atoms with van der Waals surface area (Å²) in [6, 6.07) is 4.82. The Labute approximate surface area is 143 Å². The van der Waals surface area contributed by atoms with Gasteiger partial charge in [0.15, 0.2) is 28.8 Å². The van der Waals surface area contributed by atoms with Crippen molar-refractivity contribution in [3.63, 3.8) is 0 Å². The van der Waals surface area contributed by atoms with Crippen molar-refractivity contribution in [3.8, 4) is 5.75 Å². The van der Waals surface area contributed by atoms with Crippen LogP contribution in [0.25, 0.3) is 0 Å². The molecule has 8 heteroatoms. The molecule has 2 heterocycles. The highest BCUT2D eigenvalue weighted by atomic mass is 19.1. The molecule has 0 unspecified atom stereocenters. The first-order valence-corrected chi connectivity index (χ1v) is 7.94. The van der Waals surface area contributed by atoms with Gasteiger partial charge in [-0.1, -0.05) is 11.2 Å². The maximum absolute atomic E-state index is 13.5. The number of para-hydroxylation sites is 1. The summed E-state index contributed by atoms with van der Waals surface area (Å²) in [5.74, 6) is -2.25. The predicted molar refractivity (Wildman–Crippen MR) is 83.1 cm³/mol. The lowest BCUT2D eigenvalue weighted by atomic mass is 10.2. The second kappa shape index (κ2) is 7.60. The molecule has 0 saturated carbocycles. The van der Waals surface area contributed by atoms with Crippen molar-refractivity contribution in [1.29, 1.82) is 0 Å². The quantitative estimate of drug-likeness (QED) is 0.800. The maximum atomic E-state index is 13.5. The fourth-order valence-corrected chi connectivity index (χ4v) is 2.62. The SMILES string of the molecule is CN(C[C@H]1CCCO1)C(=O)c1cc(COc2c(F)cccc2F)on1. The molecular weight excluding hydrogens is 334 g/mol. The van der Waals surface area contributed by atoms with Gasteiger partial charge >= 0.3 is 0 Å². The van der Waals surface area contributed by atoms with Gasteiger partial charge in [0.1, 0.15) is 6.61 Å². The molecule has 1 saturated heterocycles. The number of rotatable bonds is 6. The van der Waals surface area contributed by atoms with E-state index < -0.39 is 17.4 Å². The van der Waals surface area contributed by atoms with Gasteiger partial charge in [-0.05, 0) is 25.0 Å². The minimum absolute atomic E-state index is 0.0349. The molecule has 0 bridgehead atoms. The van der Waals surface area contributed by atoms with E-state index in [1.165, 1.54) is 17.0 Å². The van der Waals surface area contributed by atoms with E-state index in [0.717, 1.165) is 25.0 Å². The van der Waals surface area contributed by atoms with E-state index in [2.05, 4.69) is 5.16 Å². The van der Waals surface area contributed by atoms with Crippen LogP contribution in [0.15, 0.2) is 28.8 Å². The second-order valence-corrected chi connectivity index (χ2v) is 5.84. The molecule has 1 fully saturated rings. The van der Waals surface area contributed by atoms with Gasteiger partial charge in [-0.3, -0.25) is 4.79 Å². The molecule has 1 atom stereocenters. The van der Waals surface area contributed by atoms with Crippen LogP contribution in [-0.2, 0) is 11.3 Å². The lowest BCUT2D eigenvalue weighted by molar-refractivity contribution is 0.0579. The summed E-state index contributed by atoms with van der Waals surface area (Å²) in [6.45, 7) is 0.941. The van der Waals surface area contributed by atoms with Crippen LogP contribution in [0.2, 0.25) is 0 Å². The number of ether oxygens (including phenoxy) is 2. The Morgan fingerprint density at radius 2 is 2.16 bits per heavy atom. The summed E-state index contributed by atoms with van der Waals surface area (Å²) in [4.78, 5) is 13.8. The Balaban J connectivity index is 1.59. The third-order valence-electron chi connectivity index (χ3n) is 3.90. The van der Waals surface area contributed by atoms with Crippen LogP contribution in [0, 0.1) is 11.6 Å². The van der Waals surface area contributed by atoms with Gasteiger partial charge < -0.3 is 18.9 Å². The van der Waals surface area contributed by atoms with Gasteiger partial charge in [0.2, 0.25) is 0 Å². The number of halogens is 2. The molecule has 6 nitrogen and oxygen atoms in total. The lowest BCUT2D eigenvalue weighted by Gasteiger charge is -2.19. The summed E-state index contributed by atoms with van der Waals surface area (Å²) in [6.07, 6.45) is 1.95. The Morgan fingerprint density at radius 3 is 2.84 bits per heavy atom. The molecule has 1 amide bonds. The van der Waals surface area contributed by atoms with Gasteiger partial charge in [-0.2, -0.15) is 0 Å². The van der Waals surface area contributed by atoms with Crippen LogP contribution < -0.4 is 4.74 Å². The second-order valence-electron chi connectivity index (χ2n) is 5.84. The minimum Gasteiger partial charge on any atom is -0.479 e. The maximum Gasteiger partial charge on any atom is 0.275 e. The highest BCUT2D eigenvalue weighted by molar-refractivity contribution is 5.92. The minimum atomic E-state index is -0.813. The van der Waals surface area contributed by atoms with Crippen molar-refractivity contribution in [2.45, 2.75) is 25.6 Å². The van der Waals surface area contributed by atoms with Crippen molar-refractivity contribution < 1.29 is 27.6 Å². The Hall–Kier alpha value is -2.48. The van der Waals surface area contributed by atoms with E-state index in [1.54, 1.807) is 7.05 Å². The molecule has 2 aromatic rings. The molecule has 25 heavy (non-hydrogen) atoms. The van der Waals surface area contributed by atoms with E-state index >= 15 is 0 Å². The molecule has 134 valence electrons. The Bertz CT molecular complexity index is 724. The van der Waals surface area contributed by atoms with E-state index in [9.17, 15) is 13.6 Å². The van der Waals surface area contributed by atoms with Gasteiger partial charge in [-0.15, -0.1) is 0 Å². The molecule has 1 aliphatic rings. The summed E-state index contributed by atoms with van der Waals surface area (Å²) in [5.41, 5.74) is 0.105. The topological polar surface area (TPSA) is 64.8 Å². The zero-order valence-corrected chi connectivity index (χ0v) is 13.7. The van der Waals surface area contributed by atoms with Crippen molar-refractivity contribution in [2.24, 2.45) is 0 Å². The molecule has 1 aromatic carbocycles. The molecule has 1 aliphatic heterocycles. The average Bonchev–Trinajstić information content (AvgIpc) is 3.25. The van der Waals surface area contributed by atoms with E-state index in [0.29, 0.717) is 13.2 Å². The zero-order valence-electron chi connectivity index (χ0n) is 13.7. The zero-order chi connectivity index (χ0) is 17.8. The smallest absolute Gasteiger partial charge is 0.275 e. The van der Waals surface area contributed by atoms with Crippen LogP contribution >= 0.6 is 0 Å². The molecule has 0 radical (unpaired) electrons. The summed E-state index contributed by atoms with van der Waals surface area (Å²) < 4.78 is 42.6. The fourth-order valence-electron chi connectivity index (χ4n) is 2.62. The van der Waals surface area contributed by atoms with Gasteiger partial charge in [0.05, 0.1) is 6.10 Å². The first kappa shape index (κ1) is 17.3. The first-order valence-electron chi connectivity index (χ1n) is 7.94. The monoisotopic (exact) mass is 352 g/mol. The fraction of sp³-hybridized carbons (Fsp3) is 0.412. The number of hydrogen-bond donors (Lipinski definition) is 0. The summed E-state index contributed by atoms with van der Waals surface area (Å²) in [7, 11) is 1.66. The van der Waals surface area contributed by atoms with Crippen molar-refractivity contribution in [1.82, 2.24) is 10.1 Å². The summed E-state index contributed by atoms with van der Waals surface area (Å²) in [5, 5.41) is 3.69. The number of nitrogens with zero attached hydrogens (tertiary/aromatic N) is 2. The van der Waals surface area contributed by atoms with Gasteiger partial charge in [0, 0.05) is 26.3 Å². The normalized spacial score (nSPS) is 16.8. The van der Waals surface area contributed by atoms with Crippen molar-refractivity contribution in [3.05, 3.63) is 47.4 Å². The lowest BCUT2D eigenvalue weighted by Crippen LogP contribution is -2.34. The molecule has 0 aliphatic carbocycles. The molecule has 0 N–H and O–H groups in total. The van der Waals surface area contributed by atoms with Crippen LogP contribution in [-0.4, -0.2) is 42.3 Å². The molecule has 3 rings (SSSR count). The van der Waals surface area contributed by atoms with Gasteiger partial charge in [0.25, 0.3) is 5.91 Å². The van der Waals surface area contributed by atoms with Gasteiger partial charge in [-0.25, -0.2) is 8.78 Å². The number of aromatic nitrogens is 1. The van der Waals surface area contributed by atoms with Crippen LogP contribution in [0.5, 0.6) is 5.75 Å². The highest BCUT2D eigenvalue weighted by Crippen LogP contribution is 2.22. The average molecular weight is 352 g/mol. The number of benzene rings is 1. The highest BCUT2D eigenvalue weighted by Gasteiger charge is 2.23. The summed E-state index contributed by atoms with van der Waals surface area (Å²) >= 11 is 0. The number of carbonyl (C=O) groups excluding carboxylic acids is 1. The molecule has 1 aromatic heterocycles. The predicted octanol–water partition coefficient (Wildman–Crippen LogP) is 2.78. The third-order valence-corrected chi connectivity index (χ3v) is 3.90. The van der Waals surface area contributed by atoms with E-state index in [4.69, 9.17) is 14.0 Å². The standard InChI is InChI=1S/C17H18F2N2O4/c1-21(9-11-4-3-7-23-11)17(22)15-8-12(25-20-15)10-24-16-13(18)5-2-6-14(16)19/h2,5-6,8,11H,3-4,7,9-10H2,1H3/t11-/m1/s1. The number of carbonyl (C=O) groups is 1. The number of amides is 1. The Kier molecular flexibility index (Phi) is 5.28. The largest absolute Gasteiger partial charge is 0.479 e. The van der Waals surface area contributed by atoms with Crippen LogP contribution in [0.4, 0.5) is 8.78 Å². The van der Waals surface area contributed by atoms with E-state index in [1.807, 2.05) is 0 Å². The third kappa shape index (κ3) is 4.14. The number of likely N-dealkylation sites (N-methyl/N-ethyl adjacent to an activating group) is 1. The number of hydrogen-bond acceptors (Lipinski definition) is 5. The van der Waals surface area contributed by atoms with Crippen LogP contribution in [0.1, 0.15) is 29.1 Å². The Morgan fingerprint density at radius 1 is 1.40 bits per heavy atom.